The molecule has 2 fully saturated rings. The van der Waals surface area contributed by atoms with Gasteiger partial charge in [0.25, 0.3) is 0 Å². The average molecular weight is 366 g/mol. The Labute approximate surface area is 155 Å². The molecule has 1 N–H and O–H groups in total. The maximum atomic E-state index is 12.4. The third-order valence-electron chi connectivity index (χ3n) is 5.33. The molecule has 0 radical (unpaired) electrons. The number of carbonyl (C=O) groups excluding carboxylic acids is 1. The number of urea groups is 1. The largest absolute Gasteiger partial charge is 0.381 e. The van der Waals surface area contributed by atoms with Crippen LogP contribution in [0.1, 0.15) is 31.2 Å². The minimum absolute atomic E-state index is 0.0825. The van der Waals surface area contributed by atoms with Crippen LogP contribution in [0.4, 0.5) is 4.79 Å². The van der Waals surface area contributed by atoms with Gasteiger partial charge >= 0.3 is 6.03 Å². The first-order valence-electron chi connectivity index (χ1n) is 9.19. The number of piperidine rings is 2. The zero-order valence-corrected chi connectivity index (χ0v) is 15.7. The first kappa shape index (κ1) is 18.5. The molecule has 0 unspecified atom stereocenters. The Morgan fingerprint density at radius 2 is 1.84 bits per heavy atom. The van der Waals surface area contributed by atoms with Crippen molar-refractivity contribution in [1.29, 1.82) is 0 Å². The molecular formula is C19H28ClN3O2. The van der Waals surface area contributed by atoms with Crippen molar-refractivity contribution in [2.45, 2.75) is 44.4 Å². The minimum Gasteiger partial charge on any atom is -0.381 e. The average Bonchev–Trinajstić information content (AvgIpc) is 2.65. The highest BCUT2D eigenvalue weighted by atomic mass is 35.5. The van der Waals surface area contributed by atoms with Crippen LogP contribution in [0.2, 0.25) is 5.02 Å². The number of amides is 2. The predicted octanol–water partition coefficient (Wildman–Crippen LogP) is 3.12. The fraction of sp³-hybridized carbons (Fsp3) is 0.632. The molecule has 0 aromatic heterocycles. The molecule has 2 amide bonds. The SMILES string of the molecule is COC1CCN(C(=O)NC2CCN(Cc3ccccc3Cl)CC2)CC1. The van der Waals surface area contributed by atoms with Crippen molar-refractivity contribution in [2.24, 2.45) is 0 Å². The summed E-state index contributed by atoms with van der Waals surface area (Å²) in [5.41, 5.74) is 1.17. The zero-order valence-electron chi connectivity index (χ0n) is 14.9. The van der Waals surface area contributed by atoms with Crippen LogP contribution in [0, 0.1) is 0 Å². The molecule has 2 aliphatic rings. The molecule has 0 aliphatic carbocycles. The van der Waals surface area contributed by atoms with Crippen molar-refractivity contribution >= 4 is 17.6 Å². The summed E-state index contributed by atoms with van der Waals surface area (Å²) in [6.07, 6.45) is 4.15. The van der Waals surface area contributed by atoms with Crippen molar-refractivity contribution in [3.05, 3.63) is 34.9 Å². The van der Waals surface area contributed by atoms with Gasteiger partial charge in [-0.25, -0.2) is 4.79 Å². The highest BCUT2D eigenvalue weighted by Crippen LogP contribution is 2.20. The van der Waals surface area contributed by atoms with Crippen LogP contribution in [-0.4, -0.2) is 61.3 Å². The lowest BCUT2D eigenvalue weighted by atomic mass is 10.0. The fourth-order valence-corrected chi connectivity index (χ4v) is 3.86. The Bertz CT molecular complexity index is 568. The van der Waals surface area contributed by atoms with E-state index in [0.717, 1.165) is 63.4 Å². The number of likely N-dealkylation sites (tertiary alicyclic amines) is 2. The van der Waals surface area contributed by atoms with Crippen molar-refractivity contribution in [2.75, 3.05) is 33.3 Å². The number of methoxy groups -OCH3 is 1. The lowest BCUT2D eigenvalue weighted by Crippen LogP contribution is -2.51. The summed E-state index contributed by atoms with van der Waals surface area (Å²) in [5.74, 6) is 0. The normalized spacial score (nSPS) is 20.6. The van der Waals surface area contributed by atoms with Gasteiger partial charge in [-0.15, -0.1) is 0 Å². The number of nitrogens with one attached hydrogen (secondary N) is 1. The molecule has 5 nitrogen and oxygen atoms in total. The van der Waals surface area contributed by atoms with Crippen molar-refractivity contribution in [3.8, 4) is 0 Å². The number of nitrogens with zero attached hydrogens (tertiary/aromatic N) is 2. The molecular weight excluding hydrogens is 338 g/mol. The molecule has 1 aromatic rings. The maximum absolute atomic E-state index is 12.4. The standard InChI is InChI=1S/C19H28ClN3O2/c1-25-17-8-12-23(13-9-17)19(24)21-16-6-10-22(11-7-16)14-15-4-2-3-5-18(15)20/h2-5,16-17H,6-14H2,1H3,(H,21,24). The van der Waals surface area contributed by atoms with E-state index in [9.17, 15) is 4.79 Å². The van der Waals surface area contributed by atoms with Crippen molar-refractivity contribution in [1.82, 2.24) is 15.1 Å². The first-order chi connectivity index (χ1) is 12.2. The molecule has 0 saturated carbocycles. The van der Waals surface area contributed by atoms with Gasteiger partial charge in [-0.3, -0.25) is 4.90 Å². The summed E-state index contributed by atoms with van der Waals surface area (Å²) in [6.45, 7) is 4.43. The molecule has 3 rings (SSSR count). The zero-order chi connectivity index (χ0) is 17.6. The number of rotatable bonds is 4. The number of hydrogen-bond acceptors (Lipinski definition) is 3. The molecule has 2 saturated heterocycles. The second-order valence-electron chi connectivity index (χ2n) is 7.01. The van der Waals surface area contributed by atoms with Crippen molar-refractivity contribution in [3.63, 3.8) is 0 Å². The lowest BCUT2D eigenvalue weighted by molar-refractivity contribution is 0.0495. The van der Waals surface area contributed by atoms with Crippen LogP contribution in [0.5, 0.6) is 0 Å². The van der Waals surface area contributed by atoms with Crippen LogP contribution in [0.25, 0.3) is 0 Å². The van der Waals surface area contributed by atoms with E-state index in [2.05, 4.69) is 16.3 Å². The van der Waals surface area contributed by atoms with E-state index in [1.54, 1.807) is 7.11 Å². The highest BCUT2D eigenvalue weighted by molar-refractivity contribution is 6.31. The molecule has 2 heterocycles. The Morgan fingerprint density at radius 3 is 2.48 bits per heavy atom. The van der Waals surface area contributed by atoms with Gasteiger partial charge in [0, 0.05) is 50.9 Å². The van der Waals surface area contributed by atoms with Crippen LogP contribution in [-0.2, 0) is 11.3 Å². The van der Waals surface area contributed by atoms with Crippen LogP contribution in [0.3, 0.4) is 0 Å². The van der Waals surface area contributed by atoms with Crippen LogP contribution < -0.4 is 5.32 Å². The van der Waals surface area contributed by atoms with Crippen LogP contribution in [0.15, 0.2) is 24.3 Å². The Balaban J connectivity index is 1.40. The van der Waals surface area contributed by atoms with E-state index in [0.29, 0.717) is 6.10 Å². The molecule has 2 aliphatic heterocycles. The van der Waals surface area contributed by atoms with Gasteiger partial charge in [-0.2, -0.15) is 0 Å². The van der Waals surface area contributed by atoms with Gasteiger partial charge in [-0.1, -0.05) is 29.8 Å². The lowest BCUT2D eigenvalue weighted by Gasteiger charge is -2.35. The Kier molecular flexibility index (Phi) is 6.57. The molecule has 138 valence electrons. The third-order valence-corrected chi connectivity index (χ3v) is 5.70. The van der Waals surface area contributed by atoms with Gasteiger partial charge in [0.1, 0.15) is 0 Å². The van der Waals surface area contributed by atoms with Gasteiger partial charge in [0.05, 0.1) is 6.10 Å². The van der Waals surface area contributed by atoms with E-state index in [-0.39, 0.29) is 12.1 Å². The van der Waals surface area contributed by atoms with Gasteiger partial charge in [0.2, 0.25) is 0 Å². The van der Waals surface area contributed by atoms with Gasteiger partial charge in [0.15, 0.2) is 0 Å². The summed E-state index contributed by atoms with van der Waals surface area (Å²) in [7, 11) is 1.75. The topological polar surface area (TPSA) is 44.8 Å². The van der Waals surface area contributed by atoms with E-state index in [4.69, 9.17) is 16.3 Å². The number of carbonyl (C=O) groups is 1. The van der Waals surface area contributed by atoms with Gasteiger partial charge < -0.3 is 15.0 Å². The molecule has 25 heavy (non-hydrogen) atoms. The van der Waals surface area contributed by atoms with E-state index in [1.807, 2.05) is 23.1 Å². The molecule has 0 atom stereocenters. The van der Waals surface area contributed by atoms with E-state index < -0.39 is 0 Å². The Morgan fingerprint density at radius 1 is 1.16 bits per heavy atom. The maximum Gasteiger partial charge on any atom is 0.317 e. The predicted molar refractivity (Wildman–Crippen MR) is 99.9 cm³/mol. The molecule has 1 aromatic carbocycles. The van der Waals surface area contributed by atoms with E-state index in [1.165, 1.54) is 5.56 Å². The monoisotopic (exact) mass is 365 g/mol. The highest BCUT2D eigenvalue weighted by Gasteiger charge is 2.26. The quantitative estimate of drug-likeness (QED) is 0.891. The van der Waals surface area contributed by atoms with E-state index >= 15 is 0 Å². The smallest absolute Gasteiger partial charge is 0.317 e. The minimum atomic E-state index is 0.0825. The second-order valence-corrected chi connectivity index (χ2v) is 7.42. The number of ether oxygens (including phenoxy) is 1. The second kappa shape index (κ2) is 8.88. The fourth-order valence-electron chi connectivity index (χ4n) is 3.66. The molecule has 0 bridgehead atoms. The Hall–Kier alpha value is -1.30. The summed E-state index contributed by atoms with van der Waals surface area (Å²) in [5, 5.41) is 4.04. The number of halogens is 1. The van der Waals surface area contributed by atoms with Crippen molar-refractivity contribution < 1.29 is 9.53 Å². The first-order valence-corrected chi connectivity index (χ1v) is 9.57. The third kappa shape index (κ3) is 5.09. The number of hydrogen-bond donors (Lipinski definition) is 1. The summed E-state index contributed by atoms with van der Waals surface area (Å²) >= 11 is 6.25. The summed E-state index contributed by atoms with van der Waals surface area (Å²) in [4.78, 5) is 16.8. The number of benzene rings is 1. The summed E-state index contributed by atoms with van der Waals surface area (Å²) in [6, 6.07) is 8.37. The van der Waals surface area contributed by atoms with Gasteiger partial charge in [-0.05, 0) is 37.3 Å². The van der Waals surface area contributed by atoms with Crippen LogP contribution >= 0.6 is 11.6 Å². The summed E-state index contributed by atoms with van der Waals surface area (Å²) < 4.78 is 5.36. The molecule has 6 heteroatoms. The molecule has 0 spiro atoms.